The fourth-order valence-corrected chi connectivity index (χ4v) is 16.6. The summed E-state index contributed by atoms with van der Waals surface area (Å²) < 4.78 is 78.0. The van der Waals surface area contributed by atoms with E-state index in [1.54, 1.807) is 20.1 Å². The van der Waals surface area contributed by atoms with Gasteiger partial charge in [-0.25, -0.2) is 9.59 Å². The predicted molar refractivity (Wildman–Crippen MR) is 337 cm³/mol. The van der Waals surface area contributed by atoms with Crippen LogP contribution < -0.4 is 30.9 Å². The van der Waals surface area contributed by atoms with Gasteiger partial charge in [-0.2, -0.15) is 17.2 Å². The fourth-order valence-electron chi connectivity index (χ4n) is 10.8. The van der Waals surface area contributed by atoms with Crippen LogP contribution in [0.3, 0.4) is 0 Å². The van der Waals surface area contributed by atoms with Crippen molar-refractivity contribution in [1.82, 2.24) is 16.1 Å². The van der Waals surface area contributed by atoms with Gasteiger partial charge in [0, 0.05) is 61.4 Å². The predicted octanol–water partition coefficient (Wildman–Crippen LogP) is 4.06. The average Bonchev–Trinajstić information content (AvgIpc) is 0.759. The Morgan fingerprint density at radius 3 is 2.22 bits per heavy atom. The summed E-state index contributed by atoms with van der Waals surface area (Å²) in [4.78, 5) is 62.6. The fraction of sp³-hybridized carbons (Fsp3) is 0.627. The maximum atomic E-state index is 15.6. The number of hydrogen-bond acceptors (Lipinski definition) is 29. The minimum absolute atomic E-state index is 0.0839. The number of methoxy groups -OCH3 is 5. The molecule has 0 radical (unpaired) electrons. The van der Waals surface area contributed by atoms with Crippen LogP contribution in [0.15, 0.2) is 59.5 Å². The number of ether oxygens (including phenoxy) is 13. The van der Waals surface area contributed by atoms with E-state index in [4.69, 9.17) is 66.4 Å². The van der Waals surface area contributed by atoms with Crippen molar-refractivity contribution in [1.29, 1.82) is 0 Å². The second-order valence-corrected chi connectivity index (χ2v) is 28.6. The molecule has 4 fully saturated rings. The van der Waals surface area contributed by atoms with E-state index >= 15 is 4.79 Å². The highest BCUT2D eigenvalue weighted by atomic mass is 33.7. The Kier molecular flexibility index (Phi) is 27.8. The van der Waals surface area contributed by atoms with Gasteiger partial charge in [0.15, 0.2) is 54.1 Å². The number of nitrogens with one attached hydrogen (secondary N) is 4. The average molecular weight is 1360 g/mol. The van der Waals surface area contributed by atoms with Crippen LogP contribution in [-0.4, -0.2) is 226 Å². The number of aliphatic hydroxyl groups excluding tert-OH is 3. The zero-order chi connectivity index (χ0) is 65.6. The summed E-state index contributed by atoms with van der Waals surface area (Å²) in [5, 5.41) is 56.9. The van der Waals surface area contributed by atoms with Gasteiger partial charge in [-0.1, -0.05) is 71.8 Å². The first kappa shape index (κ1) is 73.1. The van der Waals surface area contributed by atoms with E-state index in [0.717, 1.165) is 7.11 Å². The van der Waals surface area contributed by atoms with Crippen molar-refractivity contribution >= 4 is 82.4 Å². The molecule has 8 N–H and O–H groups in total. The van der Waals surface area contributed by atoms with Crippen molar-refractivity contribution in [3.63, 3.8) is 0 Å². The summed E-state index contributed by atoms with van der Waals surface area (Å²) in [6.07, 6.45) is -11.7. The molecule has 7 rings (SSSR count). The minimum atomic E-state index is -2.67. The molecular formula is C59H80N4O22S5. The normalized spacial score (nSPS) is 34.2. The molecule has 90 heavy (non-hydrogen) atoms. The number of thioether (sulfide) groups is 1. The number of esters is 1. The molecule has 1 aromatic carbocycles. The molecule has 0 unspecified atom stereocenters. The summed E-state index contributed by atoms with van der Waals surface area (Å²) in [6.45, 7) is 12.6. The maximum Gasteiger partial charge on any atom is 0.411 e. The van der Waals surface area contributed by atoms with E-state index in [9.17, 15) is 34.8 Å². The number of carbonyl (C=O) groups is 4. The third-order valence-corrected chi connectivity index (χ3v) is 22.5. The lowest BCUT2D eigenvalue weighted by Gasteiger charge is -2.47. The van der Waals surface area contributed by atoms with E-state index < -0.39 is 134 Å². The Bertz CT molecular complexity index is 2910. The molecule has 4 heterocycles. The van der Waals surface area contributed by atoms with Crippen LogP contribution in [0.25, 0.3) is 0 Å². The second kappa shape index (κ2) is 34.2. The van der Waals surface area contributed by atoms with E-state index in [2.05, 4.69) is 51.7 Å². The number of amides is 2. The molecule has 2 bridgehead atoms. The number of ketones is 1. The molecule has 6 aliphatic rings. The molecule has 4 aliphatic heterocycles. The highest BCUT2D eigenvalue weighted by molar-refractivity contribution is 9.26. The maximum absolute atomic E-state index is 15.6. The third kappa shape index (κ3) is 17.9. The van der Waals surface area contributed by atoms with Crippen molar-refractivity contribution in [2.75, 3.05) is 65.7 Å². The Morgan fingerprint density at radius 2 is 1.56 bits per heavy atom. The number of hydrogen-bond donors (Lipinski definition) is 8. The van der Waals surface area contributed by atoms with Crippen molar-refractivity contribution in [2.45, 2.75) is 175 Å². The number of hydroxylamine groups is 1. The lowest BCUT2D eigenvalue weighted by atomic mass is 9.73. The van der Waals surface area contributed by atoms with Crippen molar-refractivity contribution in [3.05, 3.63) is 65.1 Å². The number of anilines is 1. The zero-order valence-corrected chi connectivity index (χ0v) is 55.9. The number of aliphatic hydroxyl groups is 4. The van der Waals surface area contributed by atoms with Crippen molar-refractivity contribution in [2.24, 2.45) is 0 Å². The van der Waals surface area contributed by atoms with Crippen LogP contribution in [0.5, 0.6) is 11.5 Å². The number of alkyl carbamates (subject to hydrolysis) is 1. The van der Waals surface area contributed by atoms with E-state index in [1.165, 1.54) is 106 Å². The second-order valence-electron chi connectivity index (χ2n) is 21.5. The summed E-state index contributed by atoms with van der Waals surface area (Å²) >= 11 is 1.47. The number of benzene rings is 1. The topological polar surface area (TPSA) is 327 Å². The molecule has 498 valence electrons. The first-order valence-electron chi connectivity index (χ1n) is 28.6. The molecule has 31 heteroatoms. The summed E-state index contributed by atoms with van der Waals surface area (Å²) in [5.74, 6) is 8.62. The number of Topliss-reactive ketones (excluding diaryl/α,β-unsaturated/α-hetero) is 1. The quantitative estimate of drug-likeness (QED) is 0.0123. The molecule has 26 nitrogen and oxygen atoms in total. The summed E-state index contributed by atoms with van der Waals surface area (Å²) in [5.41, 5.74) is -0.959. The SMILES string of the molecule is C=C(OC)C(=O)Nc1cc(OC)c(OC)cc1C(=O)O[C@H]1C[C@H](O[C@@H]2C(=O)C(NC(=O)OC)=C3/C(=C\CSSSSC)[C@]2(O)C#C/C=C\C#C[C@@H]3O[C@@H]2O[C@H](C)[C@@H](NO[C@H]3C[C@H](O)[C@H](SC)[C@@H](C)O3)[C@H](O)[C@H]2O[C@H]2C[C@H](OC)[C@@H](NC(C)C)CO2)O[C@@H](C)[C@H]1O. The standard InChI is InChI=1S/C59H80N4O22S5/c1-28(2)60-36-27-77-43(25-39(36)73-8)83-52-50(66)47(63-85-45-24-37(64)53(86-12)31(5)79-45)29(3)80-57(52)82-38-18-16-14-15-17-20-59(71)34(19-21-88-90-89-87-13)46(38)48(62-58(70)76-11)51(67)54(59)84-44-26-42(49(65)30(4)78-44)81-56(69)33-22-40(74-9)41(75-10)23-35(33)61-55(68)32(6)72-7/h14-15,19,22-23,28-31,36-39,42-45,47,49-50,52-54,57,60,63-66,71H,6,21,24-27H2,1-5,7-13H3,(H,61,68)(H,62,70)/b15-14-,34-19+/t29-,30+,31-,36+,37+,38+,39+,42+,43+,44+,45+,47-,49-,50+,52-,53-,54-,57+,59-/m1/s1. The molecule has 0 spiro atoms. The largest absolute Gasteiger partial charge is 0.493 e. The Balaban J connectivity index is 1.27. The van der Waals surface area contributed by atoms with Crippen LogP contribution in [0.2, 0.25) is 0 Å². The highest BCUT2D eigenvalue weighted by Crippen LogP contribution is 2.46. The lowest BCUT2D eigenvalue weighted by molar-refractivity contribution is -0.336. The molecular weight excluding hydrogens is 1280 g/mol. The number of carbonyl (C=O) groups excluding carboxylic acids is 4. The number of fused-ring (bicyclic) bond motifs is 2. The highest BCUT2D eigenvalue weighted by Gasteiger charge is 2.57. The number of allylic oxidation sites excluding steroid dienone is 2. The van der Waals surface area contributed by atoms with Gasteiger partial charge in [0.25, 0.3) is 5.91 Å². The molecule has 0 saturated carbocycles. The Labute approximate surface area is 542 Å². The van der Waals surface area contributed by atoms with Crippen LogP contribution in [0.4, 0.5) is 10.5 Å². The zero-order valence-electron chi connectivity index (χ0n) is 51.8. The Morgan fingerprint density at radius 1 is 0.844 bits per heavy atom. The first-order chi connectivity index (χ1) is 43.0. The van der Waals surface area contributed by atoms with Gasteiger partial charge < -0.3 is 92.6 Å². The van der Waals surface area contributed by atoms with Gasteiger partial charge in [0.2, 0.25) is 5.78 Å². The first-order valence-corrected chi connectivity index (χ1v) is 35.3. The van der Waals surface area contributed by atoms with Gasteiger partial charge in [-0.15, -0.1) is 0 Å². The molecule has 2 aliphatic carbocycles. The molecule has 0 aromatic heterocycles. The van der Waals surface area contributed by atoms with Gasteiger partial charge in [0.1, 0.15) is 30.5 Å². The van der Waals surface area contributed by atoms with Gasteiger partial charge in [0.05, 0.1) is 99.8 Å². The van der Waals surface area contributed by atoms with E-state index in [0.29, 0.717) is 0 Å². The molecule has 19 atom stereocenters. The monoisotopic (exact) mass is 1360 g/mol. The van der Waals surface area contributed by atoms with Gasteiger partial charge in [-0.05, 0) is 65.1 Å². The van der Waals surface area contributed by atoms with E-state index in [-0.39, 0.29) is 88.3 Å². The van der Waals surface area contributed by atoms with Crippen LogP contribution in [-0.2, 0) is 66.5 Å². The Hall–Kier alpha value is -4.27. The molecule has 2 amide bonds. The third-order valence-electron chi connectivity index (χ3n) is 15.3. The van der Waals surface area contributed by atoms with Gasteiger partial charge in [-0.3, -0.25) is 19.7 Å². The van der Waals surface area contributed by atoms with Crippen molar-refractivity contribution < 1.29 is 106 Å². The molecule has 4 saturated heterocycles. The van der Waals surface area contributed by atoms with Crippen LogP contribution in [0, 0.1) is 23.7 Å². The van der Waals surface area contributed by atoms with E-state index in [1.807, 2.05) is 33.3 Å². The number of rotatable bonds is 26. The van der Waals surface area contributed by atoms with Crippen LogP contribution in [0.1, 0.15) is 64.2 Å². The molecule has 1 aromatic rings. The smallest absolute Gasteiger partial charge is 0.411 e. The lowest BCUT2D eigenvalue weighted by Crippen LogP contribution is -2.65. The van der Waals surface area contributed by atoms with Crippen molar-refractivity contribution in [3.8, 4) is 35.2 Å². The minimum Gasteiger partial charge on any atom is -0.493 e. The summed E-state index contributed by atoms with van der Waals surface area (Å²) in [6, 6.07) is 1.39. The van der Waals surface area contributed by atoms with Crippen LogP contribution >= 0.6 is 53.0 Å². The summed E-state index contributed by atoms with van der Waals surface area (Å²) in [7, 11) is 12.3. The van der Waals surface area contributed by atoms with Gasteiger partial charge >= 0.3 is 12.1 Å².